The molecule has 0 unspecified atom stereocenters. The summed E-state index contributed by atoms with van der Waals surface area (Å²) < 4.78 is 18.8. The zero-order chi connectivity index (χ0) is 20.4. The first-order chi connectivity index (χ1) is 14.0. The Labute approximate surface area is 170 Å². The van der Waals surface area contributed by atoms with Crippen molar-refractivity contribution in [3.63, 3.8) is 0 Å². The minimum Gasteiger partial charge on any atom is -0.486 e. The van der Waals surface area contributed by atoms with Gasteiger partial charge < -0.3 is 13.9 Å². The lowest BCUT2D eigenvalue weighted by Gasteiger charge is -2.35. The minimum atomic E-state index is -0.244. The molecule has 1 aromatic carbocycles. The molecule has 0 amide bonds. The molecule has 1 aromatic heterocycles. The van der Waals surface area contributed by atoms with Crippen LogP contribution in [0.3, 0.4) is 0 Å². The van der Waals surface area contributed by atoms with Crippen molar-refractivity contribution >= 4 is 0 Å². The predicted molar refractivity (Wildman–Crippen MR) is 107 cm³/mol. The van der Waals surface area contributed by atoms with E-state index in [0.29, 0.717) is 35.3 Å². The second kappa shape index (κ2) is 8.34. The van der Waals surface area contributed by atoms with Gasteiger partial charge in [-0.2, -0.15) is 5.26 Å². The molecular weight excluding hydrogens is 370 g/mol. The lowest BCUT2D eigenvalue weighted by molar-refractivity contribution is 0.0469. The number of nitrogens with zero attached hydrogens (tertiary/aromatic N) is 3. The molecule has 0 bridgehead atoms. The molecule has 7 heteroatoms. The van der Waals surface area contributed by atoms with Crippen molar-refractivity contribution in [2.75, 3.05) is 26.2 Å². The Morgan fingerprint density at radius 1 is 1.21 bits per heavy atom. The normalized spacial score (nSPS) is 19.8. The van der Waals surface area contributed by atoms with Gasteiger partial charge in [0, 0.05) is 19.2 Å². The molecule has 2 aliphatic rings. The molecule has 3 heterocycles. The summed E-state index contributed by atoms with van der Waals surface area (Å²) in [4.78, 5) is 14.3. The Kier molecular flexibility index (Phi) is 5.63. The van der Waals surface area contributed by atoms with Gasteiger partial charge in [0.15, 0.2) is 11.5 Å². The van der Waals surface area contributed by atoms with Gasteiger partial charge in [0.05, 0.1) is 17.3 Å². The van der Waals surface area contributed by atoms with Gasteiger partial charge >= 0.3 is 5.76 Å². The van der Waals surface area contributed by atoms with Gasteiger partial charge in [-0.1, -0.05) is 0 Å². The second-order valence-electron chi connectivity index (χ2n) is 8.02. The number of nitriles is 1. The van der Waals surface area contributed by atoms with Crippen LogP contribution >= 0.6 is 0 Å². The summed E-state index contributed by atoms with van der Waals surface area (Å²) in [5.74, 6) is 2.45. The van der Waals surface area contributed by atoms with E-state index in [0.717, 1.165) is 51.1 Å². The molecule has 2 aliphatic heterocycles. The van der Waals surface area contributed by atoms with E-state index < -0.39 is 0 Å². The largest absolute Gasteiger partial charge is 0.486 e. The van der Waals surface area contributed by atoms with Crippen molar-refractivity contribution in [1.29, 1.82) is 5.26 Å². The minimum absolute atomic E-state index is 0.0249. The van der Waals surface area contributed by atoms with Crippen LogP contribution in [0.2, 0.25) is 0 Å². The molecule has 1 saturated heterocycles. The van der Waals surface area contributed by atoms with Crippen molar-refractivity contribution in [2.45, 2.75) is 45.8 Å². The number of ether oxygens (including phenoxy) is 2. The lowest BCUT2D eigenvalue weighted by atomic mass is 9.93. The molecule has 4 rings (SSSR count). The maximum atomic E-state index is 11.9. The van der Waals surface area contributed by atoms with Crippen LogP contribution in [-0.4, -0.2) is 41.8 Å². The van der Waals surface area contributed by atoms with E-state index in [1.165, 1.54) is 0 Å². The Hall–Kier alpha value is -2.72. The number of aromatic nitrogens is 1. The van der Waals surface area contributed by atoms with Gasteiger partial charge in [-0.25, -0.2) is 4.79 Å². The van der Waals surface area contributed by atoms with Crippen molar-refractivity contribution in [3.05, 3.63) is 45.8 Å². The first kappa shape index (κ1) is 19.6. The molecular formula is C22H27N3O4. The van der Waals surface area contributed by atoms with E-state index >= 15 is 0 Å². The zero-order valence-electron chi connectivity index (χ0n) is 17.0. The first-order valence-corrected chi connectivity index (χ1v) is 10.3. The van der Waals surface area contributed by atoms with E-state index in [-0.39, 0.29) is 11.9 Å². The van der Waals surface area contributed by atoms with Crippen LogP contribution in [0.25, 0.3) is 0 Å². The topological polar surface area (TPSA) is 80.6 Å². The third-order valence-electron chi connectivity index (χ3n) is 6.10. The molecule has 0 aliphatic carbocycles. The Morgan fingerprint density at radius 2 is 2.00 bits per heavy atom. The fourth-order valence-electron chi connectivity index (χ4n) is 4.18. The van der Waals surface area contributed by atoms with Crippen molar-refractivity contribution in [1.82, 2.24) is 9.47 Å². The highest BCUT2D eigenvalue weighted by Crippen LogP contribution is 2.33. The van der Waals surface area contributed by atoms with Crippen LogP contribution < -0.4 is 15.2 Å². The molecule has 7 nitrogen and oxygen atoms in total. The molecule has 1 atom stereocenters. The molecule has 2 aromatic rings. The van der Waals surface area contributed by atoms with Gasteiger partial charge in [0.25, 0.3) is 0 Å². The van der Waals surface area contributed by atoms with Gasteiger partial charge in [0.1, 0.15) is 18.5 Å². The highest BCUT2D eigenvalue weighted by atomic mass is 16.6. The van der Waals surface area contributed by atoms with E-state index in [9.17, 15) is 4.79 Å². The second-order valence-corrected chi connectivity index (χ2v) is 8.02. The van der Waals surface area contributed by atoms with E-state index in [2.05, 4.69) is 11.0 Å². The number of oxazole rings is 1. The Balaban J connectivity index is 1.25. The Bertz CT molecular complexity index is 963. The third kappa shape index (κ3) is 4.33. The molecule has 1 fully saturated rings. The summed E-state index contributed by atoms with van der Waals surface area (Å²) in [6.45, 7) is 7.89. The van der Waals surface area contributed by atoms with Crippen molar-refractivity contribution in [3.8, 4) is 17.6 Å². The number of rotatable bonds is 5. The van der Waals surface area contributed by atoms with Crippen LogP contribution in [-0.2, 0) is 6.54 Å². The fourth-order valence-corrected chi connectivity index (χ4v) is 4.18. The van der Waals surface area contributed by atoms with Crippen LogP contribution in [0.5, 0.6) is 11.5 Å². The highest BCUT2D eigenvalue weighted by molar-refractivity contribution is 5.47. The average Bonchev–Trinajstić information content (AvgIpc) is 2.98. The van der Waals surface area contributed by atoms with Gasteiger partial charge in [-0.15, -0.1) is 0 Å². The molecule has 0 N–H and O–H groups in total. The van der Waals surface area contributed by atoms with Crippen LogP contribution in [0, 0.1) is 31.1 Å². The number of likely N-dealkylation sites (tertiary alicyclic amines) is 1. The number of fused-ring (bicyclic) bond motifs is 1. The summed E-state index contributed by atoms with van der Waals surface area (Å²) in [5.41, 5.74) is 1.51. The maximum Gasteiger partial charge on any atom is 0.419 e. The molecule has 0 spiro atoms. The number of hydrogen-bond acceptors (Lipinski definition) is 6. The standard InChI is InChI=1S/C22H27N3O4/c1-15-16(2)28-22(26)25(15)10-7-17-5-8-24(9-6-17)13-19-14-27-20-4-3-18(12-23)11-21(20)29-19/h3-4,11,17,19H,5-10,13-14H2,1-2H3/t19-/m0/s1. The quantitative estimate of drug-likeness (QED) is 0.772. The summed E-state index contributed by atoms with van der Waals surface area (Å²) in [5, 5.41) is 9.06. The van der Waals surface area contributed by atoms with Crippen molar-refractivity contribution in [2.24, 2.45) is 5.92 Å². The summed E-state index contributed by atoms with van der Waals surface area (Å²) >= 11 is 0. The molecule has 154 valence electrons. The third-order valence-corrected chi connectivity index (χ3v) is 6.10. The zero-order valence-corrected chi connectivity index (χ0v) is 17.0. The molecule has 0 radical (unpaired) electrons. The van der Waals surface area contributed by atoms with Gasteiger partial charge in [-0.3, -0.25) is 9.47 Å². The molecule has 29 heavy (non-hydrogen) atoms. The monoisotopic (exact) mass is 397 g/mol. The number of aryl methyl sites for hydroxylation is 1. The highest BCUT2D eigenvalue weighted by Gasteiger charge is 2.26. The van der Waals surface area contributed by atoms with Crippen LogP contribution in [0.4, 0.5) is 0 Å². The predicted octanol–water partition coefficient (Wildman–Crippen LogP) is 2.87. The van der Waals surface area contributed by atoms with E-state index in [1.54, 1.807) is 22.8 Å². The van der Waals surface area contributed by atoms with E-state index in [4.69, 9.17) is 19.2 Å². The Morgan fingerprint density at radius 3 is 2.69 bits per heavy atom. The summed E-state index contributed by atoms with van der Waals surface area (Å²) in [6.07, 6.45) is 3.21. The molecule has 0 saturated carbocycles. The fraction of sp³-hybridized carbons (Fsp3) is 0.545. The van der Waals surface area contributed by atoms with Crippen LogP contribution in [0.1, 0.15) is 36.3 Å². The summed E-state index contributed by atoms with van der Waals surface area (Å²) in [7, 11) is 0. The maximum absolute atomic E-state index is 11.9. The van der Waals surface area contributed by atoms with E-state index in [1.807, 2.05) is 13.8 Å². The number of piperidine rings is 1. The van der Waals surface area contributed by atoms with Crippen molar-refractivity contribution < 1.29 is 13.9 Å². The first-order valence-electron chi connectivity index (χ1n) is 10.3. The summed E-state index contributed by atoms with van der Waals surface area (Å²) in [6, 6.07) is 7.42. The SMILES string of the molecule is Cc1oc(=O)n(CCC2CCN(C[C@H]3COc4ccc(C#N)cc4O3)CC2)c1C. The average molecular weight is 397 g/mol. The van der Waals surface area contributed by atoms with Gasteiger partial charge in [0.2, 0.25) is 0 Å². The van der Waals surface area contributed by atoms with Gasteiger partial charge in [-0.05, 0) is 64.3 Å². The lowest BCUT2D eigenvalue weighted by Crippen LogP contribution is -2.44. The number of benzene rings is 1. The number of hydrogen-bond donors (Lipinski definition) is 0. The van der Waals surface area contributed by atoms with Crippen LogP contribution in [0.15, 0.2) is 27.4 Å². The smallest absolute Gasteiger partial charge is 0.419 e.